The lowest BCUT2D eigenvalue weighted by molar-refractivity contribution is -0.122. The summed E-state index contributed by atoms with van der Waals surface area (Å²) in [5.74, 6) is -0.0914. The van der Waals surface area contributed by atoms with E-state index in [1.807, 2.05) is 37.3 Å². The maximum atomic E-state index is 11.8. The third-order valence-electron chi connectivity index (χ3n) is 2.66. The molecule has 1 aromatic heterocycles. The summed E-state index contributed by atoms with van der Waals surface area (Å²) in [7, 11) is 0. The monoisotopic (exact) mass is 263 g/mol. The van der Waals surface area contributed by atoms with E-state index in [1.165, 1.54) is 0 Å². The Labute approximate surface area is 111 Å². The van der Waals surface area contributed by atoms with Crippen molar-refractivity contribution in [2.45, 2.75) is 19.5 Å². The minimum Gasteiger partial charge on any atom is -0.348 e. The zero-order valence-electron chi connectivity index (χ0n) is 10.0. The molecule has 1 heterocycles. The quantitative estimate of drug-likeness (QED) is 0.921. The van der Waals surface area contributed by atoms with E-state index in [9.17, 15) is 4.79 Å². The second-order valence-corrected chi connectivity index (χ2v) is 4.36. The minimum absolute atomic E-state index is 0.0269. The average Bonchev–Trinajstić information content (AvgIpc) is 2.76. The Morgan fingerprint density at radius 1 is 1.44 bits per heavy atom. The molecule has 0 aliphatic rings. The Morgan fingerprint density at radius 2 is 2.17 bits per heavy atom. The van der Waals surface area contributed by atoms with Crippen LogP contribution >= 0.6 is 11.6 Å². The predicted molar refractivity (Wildman–Crippen MR) is 70.2 cm³/mol. The first-order valence-corrected chi connectivity index (χ1v) is 6.05. The van der Waals surface area contributed by atoms with E-state index in [-0.39, 0.29) is 18.5 Å². The Bertz CT molecular complexity index is 524. The van der Waals surface area contributed by atoms with Crippen molar-refractivity contribution in [1.29, 1.82) is 0 Å². The molecule has 0 fully saturated rings. The molecule has 4 nitrogen and oxygen atoms in total. The number of nitrogens with zero attached hydrogens (tertiary/aromatic N) is 2. The van der Waals surface area contributed by atoms with Gasteiger partial charge in [-0.2, -0.15) is 0 Å². The standard InChI is InChI=1S/C13H14ClN3O/c1-10(11-5-3-2-4-6-11)16-12(18)9-17-8-7-15-13(17)14/h2-8,10H,9H2,1H3,(H,16,18). The number of hydrogen-bond donors (Lipinski definition) is 1. The fourth-order valence-electron chi connectivity index (χ4n) is 1.70. The number of rotatable bonds is 4. The molecular formula is C13H14ClN3O. The van der Waals surface area contributed by atoms with Crippen LogP contribution in [0.15, 0.2) is 42.7 Å². The van der Waals surface area contributed by atoms with E-state index in [2.05, 4.69) is 10.3 Å². The SMILES string of the molecule is CC(NC(=O)Cn1ccnc1Cl)c1ccccc1. The Balaban J connectivity index is 1.94. The first kappa shape index (κ1) is 12.6. The highest BCUT2D eigenvalue weighted by Gasteiger charge is 2.10. The molecule has 2 rings (SSSR count). The highest BCUT2D eigenvalue weighted by Crippen LogP contribution is 2.11. The molecule has 0 saturated carbocycles. The summed E-state index contributed by atoms with van der Waals surface area (Å²) in [6.07, 6.45) is 3.24. The lowest BCUT2D eigenvalue weighted by Gasteiger charge is -2.14. The maximum absolute atomic E-state index is 11.8. The smallest absolute Gasteiger partial charge is 0.240 e. The van der Waals surface area contributed by atoms with E-state index in [1.54, 1.807) is 17.0 Å². The number of imidazole rings is 1. The van der Waals surface area contributed by atoms with Gasteiger partial charge in [0.2, 0.25) is 11.2 Å². The number of carbonyl (C=O) groups excluding carboxylic acids is 1. The third kappa shape index (κ3) is 3.11. The molecule has 2 aromatic rings. The summed E-state index contributed by atoms with van der Waals surface area (Å²) < 4.78 is 1.59. The molecule has 5 heteroatoms. The molecule has 94 valence electrons. The summed E-state index contributed by atoms with van der Waals surface area (Å²) in [5.41, 5.74) is 1.07. The van der Waals surface area contributed by atoms with Crippen LogP contribution in [0.2, 0.25) is 5.28 Å². The van der Waals surface area contributed by atoms with Crippen molar-refractivity contribution in [3.8, 4) is 0 Å². The van der Waals surface area contributed by atoms with Crippen molar-refractivity contribution in [3.05, 3.63) is 53.6 Å². The van der Waals surface area contributed by atoms with E-state index in [0.717, 1.165) is 5.56 Å². The molecule has 1 unspecified atom stereocenters. The number of aromatic nitrogens is 2. The minimum atomic E-state index is -0.0914. The first-order chi connectivity index (χ1) is 8.66. The Morgan fingerprint density at radius 3 is 2.78 bits per heavy atom. The molecule has 0 aliphatic carbocycles. The van der Waals surface area contributed by atoms with Gasteiger partial charge in [-0.1, -0.05) is 30.3 Å². The van der Waals surface area contributed by atoms with Crippen LogP contribution in [-0.2, 0) is 11.3 Å². The molecule has 18 heavy (non-hydrogen) atoms. The second-order valence-electron chi connectivity index (χ2n) is 4.02. The molecule has 0 bridgehead atoms. The summed E-state index contributed by atoms with van der Waals surface area (Å²) in [6, 6.07) is 9.78. The van der Waals surface area contributed by atoms with Gasteiger partial charge in [-0.05, 0) is 24.1 Å². The van der Waals surface area contributed by atoms with Gasteiger partial charge in [0, 0.05) is 12.4 Å². The van der Waals surface area contributed by atoms with Crippen molar-refractivity contribution in [2.75, 3.05) is 0 Å². The van der Waals surface area contributed by atoms with Crippen LogP contribution in [0.1, 0.15) is 18.5 Å². The van der Waals surface area contributed by atoms with E-state index < -0.39 is 0 Å². The number of hydrogen-bond acceptors (Lipinski definition) is 2. The number of nitrogens with one attached hydrogen (secondary N) is 1. The Hall–Kier alpha value is -1.81. The molecule has 1 amide bonds. The van der Waals surface area contributed by atoms with Crippen LogP contribution in [-0.4, -0.2) is 15.5 Å². The lowest BCUT2D eigenvalue weighted by Crippen LogP contribution is -2.29. The molecule has 0 spiro atoms. The highest BCUT2D eigenvalue weighted by molar-refractivity contribution is 6.28. The van der Waals surface area contributed by atoms with Crippen LogP contribution < -0.4 is 5.32 Å². The summed E-state index contributed by atoms with van der Waals surface area (Å²) in [6.45, 7) is 2.12. The zero-order valence-corrected chi connectivity index (χ0v) is 10.8. The van der Waals surface area contributed by atoms with Gasteiger partial charge in [-0.3, -0.25) is 4.79 Å². The fourth-order valence-corrected chi connectivity index (χ4v) is 1.87. The van der Waals surface area contributed by atoms with Crippen molar-refractivity contribution < 1.29 is 4.79 Å². The second kappa shape index (κ2) is 5.69. The van der Waals surface area contributed by atoms with Gasteiger partial charge in [0.05, 0.1) is 6.04 Å². The van der Waals surface area contributed by atoms with Gasteiger partial charge in [0.15, 0.2) is 0 Å². The van der Waals surface area contributed by atoms with Crippen LogP contribution in [0, 0.1) is 0 Å². The lowest BCUT2D eigenvalue weighted by atomic mass is 10.1. The van der Waals surface area contributed by atoms with Gasteiger partial charge in [-0.25, -0.2) is 4.98 Å². The summed E-state index contributed by atoms with van der Waals surface area (Å²) in [5, 5.41) is 3.23. The average molecular weight is 264 g/mol. The summed E-state index contributed by atoms with van der Waals surface area (Å²) >= 11 is 5.81. The largest absolute Gasteiger partial charge is 0.348 e. The van der Waals surface area contributed by atoms with Crippen LogP contribution in [0.3, 0.4) is 0 Å². The maximum Gasteiger partial charge on any atom is 0.240 e. The van der Waals surface area contributed by atoms with Crippen molar-refractivity contribution >= 4 is 17.5 Å². The highest BCUT2D eigenvalue weighted by atomic mass is 35.5. The van der Waals surface area contributed by atoms with Crippen molar-refractivity contribution in [2.24, 2.45) is 0 Å². The Kier molecular flexibility index (Phi) is 3.99. The normalized spacial score (nSPS) is 12.1. The van der Waals surface area contributed by atoms with E-state index in [0.29, 0.717) is 5.28 Å². The van der Waals surface area contributed by atoms with Gasteiger partial charge >= 0.3 is 0 Å². The van der Waals surface area contributed by atoms with E-state index in [4.69, 9.17) is 11.6 Å². The number of amides is 1. The predicted octanol–water partition coefficient (Wildman–Crippen LogP) is 2.41. The molecule has 1 N–H and O–H groups in total. The van der Waals surface area contributed by atoms with Gasteiger partial charge < -0.3 is 9.88 Å². The number of halogens is 1. The van der Waals surface area contributed by atoms with Gasteiger partial charge in [0.25, 0.3) is 0 Å². The molecular weight excluding hydrogens is 250 g/mol. The molecule has 0 saturated heterocycles. The molecule has 0 aliphatic heterocycles. The van der Waals surface area contributed by atoms with Gasteiger partial charge in [0.1, 0.15) is 6.54 Å². The summed E-state index contributed by atoms with van der Waals surface area (Å²) in [4.78, 5) is 15.7. The molecule has 1 aromatic carbocycles. The zero-order chi connectivity index (χ0) is 13.0. The fraction of sp³-hybridized carbons (Fsp3) is 0.231. The van der Waals surface area contributed by atoms with Crippen LogP contribution in [0.25, 0.3) is 0 Å². The molecule has 0 radical (unpaired) electrons. The topological polar surface area (TPSA) is 46.9 Å². The van der Waals surface area contributed by atoms with Crippen LogP contribution in [0.5, 0.6) is 0 Å². The number of benzene rings is 1. The third-order valence-corrected chi connectivity index (χ3v) is 2.97. The number of carbonyl (C=O) groups is 1. The van der Waals surface area contributed by atoms with Gasteiger partial charge in [-0.15, -0.1) is 0 Å². The van der Waals surface area contributed by atoms with Crippen LogP contribution in [0.4, 0.5) is 0 Å². The molecule has 1 atom stereocenters. The van der Waals surface area contributed by atoms with Crippen molar-refractivity contribution in [1.82, 2.24) is 14.9 Å². The van der Waals surface area contributed by atoms with Crippen molar-refractivity contribution in [3.63, 3.8) is 0 Å². The van der Waals surface area contributed by atoms with E-state index >= 15 is 0 Å². The first-order valence-electron chi connectivity index (χ1n) is 5.68.